The van der Waals surface area contributed by atoms with E-state index in [4.69, 9.17) is 15.1 Å². The van der Waals surface area contributed by atoms with Crippen LogP contribution in [0.1, 0.15) is 2.85 Å². The van der Waals surface area contributed by atoms with Crippen molar-refractivity contribution in [1.29, 1.82) is 0 Å². The first-order chi connectivity index (χ1) is 1.73. The van der Waals surface area contributed by atoms with Gasteiger partial charge in [0.1, 0.15) is 0 Å². The van der Waals surface area contributed by atoms with Crippen LogP contribution in [0.3, 0.4) is 0 Å². The molecule has 0 saturated carbocycles. The topological polar surface area (TPSA) is 60.7 Å². The zero-order valence-electron chi connectivity index (χ0n) is 5.20. The third-order valence-electron chi connectivity index (χ3n) is 0. The molecule has 0 heterocycles. The Labute approximate surface area is 71.1 Å². The Kier molecular flexibility index (Phi) is 25.0. The molecule has 0 bridgehead atoms. The van der Waals surface area contributed by atoms with Crippen LogP contribution >= 0.6 is 0 Å². The van der Waals surface area contributed by atoms with Gasteiger partial charge in [-0.1, -0.05) is 0 Å². The van der Waals surface area contributed by atoms with E-state index in [-0.39, 0.29) is 49.0 Å². The van der Waals surface area contributed by atoms with Crippen LogP contribution in [0.2, 0.25) is 0 Å². The van der Waals surface area contributed by atoms with Crippen molar-refractivity contribution >= 4 is 53.5 Å². The molecule has 31 valence electrons. The van der Waals surface area contributed by atoms with Gasteiger partial charge in [0.15, 0.2) is 0 Å². The van der Waals surface area contributed by atoms with Gasteiger partial charge in [0, 0.05) is 8.41 Å². The fourth-order valence-electron chi connectivity index (χ4n) is 0. The molecule has 0 aromatic heterocycles. The molecular weight excluding hydrogens is 110 g/mol. The molecule has 0 aromatic carbocycles. The zero-order chi connectivity index (χ0) is 3.58. The van der Waals surface area contributed by atoms with Crippen LogP contribution < -0.4 is 0 Å². The summed E-state index contributed by atoms with van der Waals surface area (Å²) in [6.45, 7) is 0. The maximum absolute atomic E-state index is 7.17. The zero-order valence-corrected chi connectivity index (χ0v) is 5.41. The van der Waals surface area contributed by atoms with Crippen molar-refractivity contribution in [3.05, 3.63) is 0 Å². The van der Waals surface area contributed by atoms with Crippen LogP contribution in [0, 0.1) is 0 Å². The van der Waals surface area contributed by atoms with Crippen molar-refractivity contribution in [1.82, 2.24) is 0 Å². The average Bonchev–Trinajstić information content (AvgIpc) is 0.811. The first-order valence-electron chi connectivity index (χ1n) is 0.775. The van der Waals surface area contributed by atoms with Crippen LogP contribution in [-0.4, -0.2) is 68.5 Å². The van der Waals surface area contributed by atoms with Crippen LogP contribution in [0.25, 0.3) is 0 Å². The molecular formula is H5B2CaO3. The number of rotatable bonds is 0. The van der Waals surface area contributed by atoms with Gasteiger partial charge in [-0.3, -0.25) is 0 Å². The van der Waals surface area contributed by atoms with E-state index in [9.17, 15) is 0 Å². The first kappa shape index (κ1) is 15.7. The first-order valence-corrected chi connectivity index (χ1v) is 0.775. The molecule has 0 rings (SSSR count). The van der Waals surface area contributed by atoms with Crippen LogP contribution in [0.5, 0.6) is 0 Å². The van der Waals surface area contributed by atoms with Crippen molar-refractivity contribution < 1.29 is 17.9 Å². The smallest absolute Gasteiger partial charge is 1.00 e. The predicted molar refractivity (Wildman–Crippen MR) is 26.1 cm³/mol. The Balaban J connectivity index is -0.00000000750. The molecule has 3 N–H and O–H groups in total. The summed E-state index contributed by atoms with van der Waals surface area (Å²) in [7, 11) is -2.17. The van der Waals surface area contributed by atoms with Crippen molar-refractivity contribution in [2.24, 2.45) is 0 Å². The normalized spacial score (nSPS) is 4.50. The number of hydrogen-bond acceptors (Lipinski definition) is 3. The molecule has 0 aromatic rings. The van der Waals surface area contributed by atoms with Crippen molar-refractivity contribution in [2.45, 2.75) is 0 Å². The van der Waals surface area contributed by atoms with Crippen LogP contribution in [-0.2, 0) is 0 Å². The molecule has 0 aliphatic heterocycles. The molecule has 6 heteroatoms. The predicted octanol–water partition coefficient (Wildman–Crippen LogP) is -2.59. The Bertz CT molecular complexity index is 20.0. The molecule has 0 aliphatic rings. The molecule has 6 heavy (non-hydrogen) atoms. The summed E-state index contributed by atoms with van der Waals surface area (Å²) in [6.07, 6.45) is 0. The van der Waals surface area contributed by atoms with Crippen molar-refractivity contribution in [2.75, 3.05) is 0 Å². The van der Waals surface area contributed by atoms with Gasteiger partial charge in [0.2, 0.25) is 0 Å². The van der Waals surface area contributed by atoms with Crippen LogP contribution in [0.4, 0.5) is 0 Å². The minimum Gasteiger partial charge on any atom is -1.00 e. The fourth-order valence-corrected chi connectivity index (χ4v) is 0. The quantitative estimate of drug-likeness (QED) is 0.303. The van der Waals surface area contributed by atoms with Crippen molar-refractivity contribution in [3.8, 4) is 0 Å². The van der Waals surface area contributed by atoms with E-state index in [0.29, 0.717) is 0 Å². The van der Waals surface area contributed by atoms with E-state index in [2.05, 4.69) is 0 Å². The largest absolute Gasteiger partial charge is 2.00 e. The molecule has 3 radical (unpaired) electrons. The van der Waals surface area contributed by atoms with E-state index >= 15 is 0 Å². The maximum Gasteiger partial charge on any atom is 2.00 e. The molecule has 0 atom stereocenters. The Morgan fingerprint density at radius 1 is 1.17 bits per heavy atom. The van der Waals surface area contributed by atoms with Gasteiger partial charge >= 0.3 is 45.1 Å². The van der Waals surface area contributed by atoms with E-state index < -0.39 is 7.32 Å². The SMILES string of the molecule is OB(O)O.[B].[Ca+2].[H-].[H-]. The summed E-state index contributed by atoms with van der Waals surface area (Å²) in [5, 5.41) is 21.5. The van der Waals surface area contributed by atoms with E-state index in [1.165, 1.54) is 0 Å². The standard InChI is InChI=1S/BH3O3.B.Ca.2H/c2-1(3)4;;;;/h2-4H;;;;/q;;+2;2*-1. The van der Waals surface area contributed by atoms with Gasteiger partial charge in [-0.15, -0.1) is 0 Å². The summed E-state index contributed by atoms with van der Waals surface area (Å²) >= 11 is 0. The summed E-state index contributed by atoms with van der Waals surface area (Å²) in [5.41, 5.74) is 0. The summed E-state index contributed by atoms with van der Waals surface area (Å²) in [6, 6.07) is 0. The van der Waals surface area contributed by atoms with Gasteiger partial charge in [-0.05, 0) is 0 Å². The second kappa shape index (κ2) is 9.55. The monoisotopic (exact) mass is 115 g/mol. The molecule has 0 saturated heterocycles. The van der Waals surface area contributed by atoms with Crippen LogP contribution in [0.15, 0.2) is 0 Å². The van der Waals surface area contributed by atoms with Gasteiger partial charge in [-0.25, -0.2) is 0 Å². The molecule has 0 aliphatic carbocycles. The summed E-state index contributed by atoms with van der Waals surface area (Å²) < 4.78 is 0. The summed E-state index contributed by atoms with van der Waals surface area (Å²) in [4.78, 5) is 0. The molecule has 3 nitrogen and oxygen atoms in total. The third-order valence-corrected chi connectivity index (χ3v) is 0. The third kappa shape index (κ3) is 59.6. The van der Waals surface area contributed by atoms with Gasteiger partial charge in [0.25, 0.3) is 0 Å². The second-order valence-electron chi connectivity index (χ2n) is 0.346. The second-order valence-corrected chi connectivity index (χ2v) is 0.346. The molecule has 0 fully saturated rings. The minimum atomic E-state index is -2.17. The molecule has 0 unspecified atom stereocenters. The molecule has 0 amide bonds. The van der Waals surface area contributed by atoms with Gasteiger partial charge in [-0.2, -0.15) is 0 Å². The Morgan fingerprint density at radius 2 is 1.17 bits per heavy atom. The number of hydrogen-bond donors (Lipinski definition) is 3. The van der Waals surface area contributed by atoms with E-state index in [1.54, 1.807) is 0 Å². The fraction of sp³-hybridized carbons (Fsp3) is 0. The van der Waals surface area contributed by atoms with Crippen molar-refractivity contribution in [3.63, 3.8) is 0 Å². The van der Waals surface area contributed by atoms with Gasteiger partial charge < -0.3 is 17.9 Å². The summed E-state index contributed by atoms with van der Waals surface area (Å²) in [5.74, 6) is 0. The Morgan fingerprint density at radius 3 is 1.17 bits per heavy atom. The molecule has 0 spiro atoms. The van der Waals surface area contributed by atoms with E-state index in [0.717, 1.165) is 0 Å². The van der Waals surface area contributed by atoms with E-state index in [1.807, 2.05) is 0 Å². The maximum atomic E-state index is 7.17. The average molecular weight is 115 g/mol. The van der Waals surface area contributed by atoms with Gasteiger partial charge in [0.05, 0.1) is 0 Å². The Hall–Kier alpha value is 1.27. The minimum absolute atomic E-state index is 0.